The van der Waals surface area contributed by atoms with Crippen LogP contribution >= 0.6 is 0 Å². The van der Waals surface area contributed by atoms with Crippen LogP contribution in [0, 0.1) is 5.92 Å². The number of pyridine rings is 1. The number of rotatable bonds is 6. The van der Waals surface area contributed by atoms with Crippen molar-refractivity contribution in [3.8, 4) is 0 Å². The Bertz CT molecular complexity index is 592. The minimum atomic E-state index is 0.489. The molecule has 1 N–H and O–H groups in total. The van der Waals surface area contributed by atoms with E-state index < -0.39 is 0 Å². The van der Waals surface area contributed by atoms with E-state index in [-0.39, 0.29) is 0 Å². The fourth-order valence-electron chi connectivity index (χ4n) is 2.51. The van der Waals surface area contributed by atoms with Gasteiger partial charge in [0.1, 0.15) is 0 Å². The molecule has 0 fully saturated rings. The molecule has 2 rings (SSSR count). The number of fused-ring (bicyclic) bond motifs is 1. The van der Waals surface area contributed by atoms with Crippen LogP contribution in [0.25, 0.3) is 10.9 Å². The van der Waals surface area contributed by atoms with Gasteiger partial charge in [0.05, 0.1) is 11.2 Å². The normalized spacial score (nSPS) is 12.9. The Balaban J connectivity index is 2.48. The van der Waals surface area contributed by atoms with Crippen LogP contribution in [0.5, 0.6) is 0 Å². The molecule has 1 aromatic carbocycles. The number of benzene rings is 1. The van der Waals surface area contributed by atoms with Crippen molar-refractivity contribution in [3.63, 3.8) is 0 Å². The highest BCUT2D eigenvalue weighted by atomic mass is 15.1. The van der Waals surface area contributed by atoms with Gasteiger partial charge in [0.25, 0.3) is 0 Å². The van der Waals surface area contributed by atoms with E-state index in [1.54, 1.807) is 0 Å². The highest BCUT2D eigenvalue weighted by Gasteiger charge is 2.17. The third kappa shape index (κ3) is 3.53. The molecule has 0 amide bonds. The van der Waals surface area contributed by atoms with Gasteiger partial charge in [0.15, 0.2) is 0 Å². The Morgan fingerprint density at radius 2 is 1.90 bits per heavy atom. The van der Waals surface area contributed by atoms with Crippen LogP contribution in [0.2, 0.25) is 0 Å². The molecule has 0 radical (unpaired) electrons. The molecule has 0 aliphatic heterocycles. The molecule has 0 saturated heterocycles. The first-order valence-corrected chi connectivity index (χ1v) is 7.86. The fraction of sp³-hybridized carbons (Fsp3) is 0.500. The third-order valence-corrected chi connectivity index (χ3v) is 4.26. The minimum Gasteiger partial charge on any atom is -0.371 e. The van der Waals surface area contributed by atoms with Crippen molar-refractivity contribution < 1.29 is 0 Å². The number of para-hydroxylation sites is 1. The van der Waals surface area contributed by atoms with Crippen molar-refractivity contribution in [2.45, 2.75) is 40.3 Å². The molecular weight excluding hydrogens is 258 g/mol. The zero-order chi connectivity index (χ0) is 15.4. The molecule has 114 valence electrons. The highest BCUT2D eigenvalue weighted by Crippen LogP contribution is 2.28. The standard InChI is InChI=1S/C18H27N3/c1-6-19-12-15-11-18(21(5)14(4)13(2)3)16-9-7-8-10-17(16)20-15/h7-11,13-14,19H,6,12H2,1-5H3. The summed E-state index contributed by atoms with van der Waals surface area (Å²) in [6.45, 7) is 10.7. The zero-order valence-electron chi connectivity index (χ0n) is 13.9. The molecule has 1 heterocycles. The lowest BCUT2D eigenvalue weighted by atomic mass is 10.0. The first-order chi connectivity index (χ1) is 10.0. The molecule has 1 unspecified atom stereocenters. The molecule has 0 saturated carbocycles. The molecule has 3 heteroatoms. The monoisotopic (exact) mass is 285 g/mol. The van der Waals surface area contributed by atoms with Gasteiger partial charge in [-0.05, 0) is 31.5 Å². The molecule has 2 aromatic rings. The van der Waals surface area contributed by atoms with E-state index in [9.17, 15) is 0 Å². The molecule has 1 aromatic heterocycles. The van der Waals surface area contributed by atoms with E-state index in [2.05, 4.69) is 75.3 Å². The third-order valence-electron chi connectivity index (χ3n) is 4.26. The van der Waals surface area contributed by atoms with Gasteiger partial charge in [-0.3, -0.25) is 4.98 Å². The van der Waals surface area contributed by atoms with Crippen LogP contribution in [0.4, 0.5) is 5.69 Å². The average molecular weight is 285 g/mol. The summed E-state index contributed by atoms with van der Waals surface area (Å²) >= 11 is 0. The van der Waals surface area contributed by atoms with Crippen LogP contribution < -0.4 is 10.2 Å². The maximum absolute atomic E-state index is 4.77. The van der Waals surface area contributed by atoms with Gasteiger partial charge in [0.2, 0.25) is 0 Å². The lowest BCUT2D eigenvalue weighted by molar-refractivity contribution is 0.506. The Labute approximate surface area is 128 Å². The highest BCUT2D eigenvalue weighted by molar-refractivity contribution is 5.92. The van der Waals surface area contributed by atoms with E-state index in [1.165, 1.54) is 11.1 Å². The quantitative estimate of drug-likeness (QED) is 0.874. The summed E-state index contributed by atoms with van der Waals surface area (Å²) in [4.78, 5) is 7.15. The maximum Gasteiger partial charge on any atom is 0.0726 e. The summed E-state index contributed by atoms with van der Waals surface area (Å²) in [5.41, 5.74) is 3.45. The van der Waals surface area contributed by atoms with Crippen LogP contribution in [-0.4, -0.2) is 24.6 Å². The van der Waals surface area contributed by atoms with E-state index in [4.69, 9.17) is 4.98 Å². The second-order valence-corrected chi connectivity index (χ2v) is 6.03. The summed E-state index contributed by atoms with van der Waals surface area (Å²) in [5, 5.41) is 4.60. The topological polar surface area (TPSA) is 28.2 Å². The molecular formula is C18H27N3. The largest absolute Gasteiger partial charge is 0.371 e. The second kappa shape index (κ2) is 6.90. The lowest BCUT2D eigenvalue weighted by Crippen LogP contribution is -2.33. The van der Waals surface area contributed by atoms with Gasteiger partial charge in [0, 0.05) is 30.7 Å². The molecule has 0 aliphatic carbocycles. The molecule has 21 heavy (non-hydrogen) atoms. The predicted molar refractivity (Wildman–Crippen MR) is 91.8 cm³/mol. The summed E-state index contributed by atoms with van der Waals surface area (Å²) in [5.74, 6) is 0.610. The Kier molecular flexibility index (Phi) is 5.18. The van der Waals surface area contributed by atoms with Gasteiger partial charge < -0.3 is 10.2 Å². The van der Waals surface area contributed by atoms with E-state index in [1.807, 2.05) is 0 Å². The van der Waals surface area contributed by atoms with Crippen LogP contribution in [0.1, 0.15) is 33.4 Å². The summed E-state index contributed by atoms with van der Waals surface area (Å²) in [6.07, 6.45) is 0. The number of anilines is 1. The predicted octanol–water partition coefficient (Wildman–Crippen LogP) is 3.83. The van der Waals surface area contributed by atoms with Crippen molar-refractivity contribution in [1.82, 2.24) is 10.3 Å². The van der Waals surface area contributed by atoms with Crippen molar-refractivity contribution in [3.05, 3.63) is 36.0 Å². The maximum atomic E-state index is 4.77. The second-order valence-electron chi connectivity index (χ2n) is 6.03. The van der Waals surface area contributed by atoms with Crippen molar-refractivity contribution in [2.24, 2.45) is 5.92 Å². The Morgan fingerprint density at radius 1 is 1.19 bits per heavy atom. The van der Waals surface area contributed by atoms with Crippen molar-refractivity contribution >= 4 is 16.6 Å². The van der Waals surface area contributed by atoms with Crippen molar-refractivity contribution in [2.75, 3.05) is 18.5 Å². The van der Waals surface area contributed by atoms with Gasteiger partial charge in [-0.1, -0.05) is 39.0 Å². The number of nitrogens with one attached hydrogen (secondary N) is 1. The molecule has 0 spiro atoms. The van der Waals surface area contributed by atoms with Crippen LogP contribution in [0.15, 0.2) is 30.3 Å². The SMILES string of the molecule is CCNCc1cc(N(C)C(C)C(C)C)c2ccccc2n1. The molecule has 0 bridgehead atoms. The molecule has 0 aliphatic rings. The number of hydrogen-bond acceptors (Lipinski definition) is 3. The van der Waals surface area contributed by atoms with E-state index in [0.717, 1.165) is 24.3 Å². The van der Waals surface area contributed by atoms with Gasteiger partial charge in [-0.25, -0.2) is 0 Å². The smallest absolute Gasteiger partial charge is 0.0726 e. The summed E-state index contributed by atoms with van der Waals surface area (Å²) < 4.78 is 0. The van der Waals surface area contributed by atoms with Crippen LogP contribution in [-0.2, 0) is 6.54 Å². The fourth-order valence-corrected chi connectivity index (χ4v) is 2.51. The Hall–Kier alpha value is -1.61. The van der Waals surface area contributed by atoms with Gasteiger partial charge in [-0.2, -0.15) is 0 Å². The molecule has 1 atom stereocenters. The van der Waals surface area contributed by atoms with E-state index in [0.29, 0.717) is 12.0 Å². The van der Waals surface area contributed by atoms with Crippen LogP contribution in [0.3, 0.4) is 0 Å². The van der Waals surface area contributed by atoms with E-state index >= 15 is 0 Å². The zero-order valence-corrected chi connectivity index (χ0v) is 13.9. The van der Waals surface area contributed by atoms with Gasteiger partial charge >= 0.3 is 0 Å². The van der Waals surface area contributed by atoms with Crippen molar-refractivity contribution in [1.29, 1.82) is 0 Å². The number of hydrogen-bond donors (Lipinski definition) is 1. The molecule has 3 nitrogen and oxygen atoms in total. The summed E-state index contributed by atoms with van der Waals surface area (Å²) in [6, 6.07) is 11.1. The summed E-state index contributed by atoms with van der Waals surface area (Å²) in [7, 11) is 2.18. The first-order valence-electron chi connectivity index (χ1n) is 7.86. The average Bonchev–Trinajstić information content (AvgIpc) is 2.50. The first kappa shape index (κ1) is 15.8. The lowest BCUT2D eigenvalue weighted by Gasteiger charge is -2.31. The number of aromatic nitrogens is 1. The number of nitrogens with zero attached hydrogens (tertiary/aromatic N) is 2. The minimum absolute atomic E-state index is 0.489. The van der Waals surface area contributed by atoms with Gasteiger partial charge in [-0.15, -0.1) is 0 Å². The Morgan fingerprint density at radius 3 is 2.57 bits per heavy atom.